The summed E-state index contributed by atoms with van der Waals surface area (Å²) in [6.45, 7) is 4.92. The highest BCUT2D eigenvalue weighted by Gasteiger charge is 2.31. The summed E-state index contributed by atoms with van der Waals surface area (Å²) in [5, 5.41) is 0. The standard InChI is InChI=1S/C29H46F2O/c1-3-5-7-9-22-11-15-24(16-12-22)25-17-13-23(14-18-25)21-32-27-20-19-26(10-8-6-4-2)28(30)29(27)31/h19-20,22-25H,3-18,21H2,1-2H3/t22-,23?,24-,25?. The van der Waals surface area contributed by atoms with Gasteiger partial charge in [0.2, 0.25) is 5.82 Å². The minimum Gasteiger partial charge on any atom is -0.490 e. The second kappa shape index (κ2) is 13.6. The maximum atomic E-state index is 14.5. The molecular formula is C29H46F2O. The topological polar surface area (TPSA) is 9.23 Å². The number of rotatable bonds is 12. The van der Waals surface area contributed by atoms with E-state index in [2.05, 4.69) is 13.8 Å². The van der Waals surface area contributed by atoms with E-state index in [4.69, 9.17) is 4.74 Å². The SMILES string of the molecule is CCCCCc1ccc(OCC2CCC([C@H]3CC[C@H](CCCCC)CC3)CC2)c(F)c1F. The van der Waals surface area contributed by atoms with Crippen molar-refractivity contribution >= 4 is 0 Å². The van der Waals surface area contributed by atoms with E-state index in [9.17, 15) is 8.78 Å². The molecule has 0 radical (unpaired) electrons. The van der Waals surface area contributed by atoms with Crippen LogP contribution in [0.25, 0.3) is 0 Å². The summed E-state index contributed by atoms with van der Waals surface area (Å²) < 4.78 is 34.6. The second-order valence-corrected chi connectivity index (χ2v) is 10.7. The van der Waals surface area contributed by atoms with Gasteiger partial charge in [-0.1, -0.05) is 71.3 Å². The highest BCUT2D eigenvalue weighted by molar-refractivity contribution is 5.31. The van der Waals surface area contributed by atoms with Crippen LogP contribution < -0.4 is 4.74 Å². The molecule has 1 aromatic rings. The fourth-order valence-corrected chi connectivity index (χ4v) is 6.11. The Morgan fingerprint density at radius 1 is 0.719 bits per heavy atom. The highest BCUT2D eigenvalue weighted by atomic mass is 19.2. The molecule has 3 heteroatoms. The molecule has 2 aliphatic carbocycles. The van der Waals surface area contributed by atoms with E-state index in [1.54, 1.807) is 12.1 Å². The number of ether oxygens (including phenoxy) is 1. The van der Waals surface area contributed by atoms with Crippen molar-refractivity contribution in [2.45, 2.75) is 117 Å². The van der Waals surface area contributed by atoms with E-state index < -0.39 is 11.6 Å². The molecule has 0 unspecified atom stereocenters. The second-order valence-electron chi connectivity index (χ2n) is 10.7. The van der Waals surface area contributed by atoms with Gasteiger partial charge in [-0.2, -0.15) is 4.39 Å². The Bertz CT molecular complexity index is 657. The fourth-order valence-electron chi connectivity index (χ4n) is 6.11. The third kappa shape index (κ3) is 7.45. The van der Waals surface area contributed by atoms with E-state index in [1.807, 2.05) is 0 Å². The zero-order valence-corrected chi connectivity index (χ0v) is 20.6. The maximum Gasteiger partial charge on any atom is 0.200 e. The first-order valence-electron chi connectivity index (χ1n) is 13.7. The van der Waals surface area contributed by atoms with Gasteiger partial charge < -0.3 is 4.74 Å². The number of hydrogen-bond acceptors (Lipinski definition) is 1. The van der Waals surface area contributed by atoms with Gasteiger partial charge in [0.15, 0.2) is 11.6 Å². The number of unbranched alkanes of at least 4 members (excludes halogenated alkanes) is 4. The largest absolute Gasteiger partial charge is 0.490 e. The van der Waals surface area contributed by atoms with Crippen LogP contribution in [0.15, 0.2) is 12.1 Å². The zero-order chi connectivity index (χ0) is 22.8. The Labute approximate surface area is 195 Å². The first-order valence-corrected chi connectivity index (χ1v) is 13.7. The van der Waals surface area contributed by atoms with Gasteiger partial charge in [0.05, 0.1) is 6.61 Å². The molecule has 0 aliphatic heterocycles. The summed E-state index contributed by atoms with van der Waals surface area (Å²) in [4.78, 5) is 0. The van der Waals surface area contributed by atoms with Crippen molar-refractivity contribution in [2.24, 2.45) is 23.7 Å². The van der Waals surface area contributed by atoms with Crippen LogP contribution in [0.2, 0.25) is 0 Å². The monoisotopic (exact) mass is 448 g/mol. The third-order valence-electron chi connectivity index (χ3n) is 8.32. The molecular weight excluding hydrogens is 402 g/mol. The minimum absolute atomic E-state index is 0.0882. The lowest BCUT2D eigenvalue weighted by Gasteiger charge is -2.38. The summed E-state index contributed by atoms with van der Waals surface area (Å²) >= 11 is 0. The minimum atomic E-state index is -0.802. The van der Waals surface area contributed by atoms with Gasteiger partial charge in [-0.15, -0.1) is 0 Å². The molecule has 32 heavy (non-hydrogen) atoms. The van der Waals surface area contributed by atoms with Crippen LogP contribution >= 0.6 is 0 Å². The fraction of sp³-hybridized carbons (Fsp3) is 0.793. The molecule has 0 bridgehead atoms. The van der Waals surface area contributed by atoms with Crippen molar-refractivity contribution in [1.82, 2.24) is 0 Å². The molecule has 2 fully saturated rings. The van der Waals surface area contributed by atoms with Crippen LogP contribution in [0.3, 0.4) is 0 Å². The predicted molar refractivity (Wildman–Crippen MR) is 130 cm³/mol. The maximum absolute atomic E-state index is 14.5. The van der Waals surface area contributed by atoms with Crippen molar-refractivity contribution in [3.8, 4) is 5.75 Å². The normalized spacial score (nSPS) is 26.2. The van der Waals surface area contributed by atoms with Gasteiger partial charge in [-0.25, -0.2) is 4.39 Å². The van der Waals surface area contributed by atoms with Crippen LogP contribution in [-0.4, -0.2) is 6.61 Å². The van der Waals surface area contributed by atoms with Crippen LogP contribution in [-0.2, 0) is 6.42 Å². The van der Waals surface area contributed by atoms with Gasteiger partial charge in [0.1, 0.15) is 0 Å². The third-order valence-corrected chi connectivity index (χ3v) is 8.32. The molecule has 0 heterocycles. The Morgan fingerprint density at radius 2 is 1.31 bits per heavy atom. The number of benzene rings is 1. The molecule has 0 atom stereocenters. The molecule has 0 saturated heterocycles. The molecule has 1 nitrogen and oxygen atoms in total. The molecule has 0 amide bonds. The highest BCUT2D eigenvalue weighted by Crippen LogP contribution is 2.42. The average Bonchev–Trinajstić information content (AvgIpc) is 2.82. The lowest BCUT2D eigenvalue weighted by Crippen LogP contribution is -2.27. The Hall–Kier alpha value is -1.12. The van der Waals surface area contributed by atoms with Crippen LogP contribution in [0, 0.1) is 35.3 Å². The Morgan fingerprint density at radius 3 is 1.94 bits per heavy atom. The van der Waals surface area contributed by atoms with Crippen molar-refractivity contribution < 1.29 is 13.5 Å². The molecule has 0 N–H and O–H groups in total. The average molecular weight is 449 g/mol. The molecule has 182 valence electrons. The number of hydrogen-bond donors (Lipinski definition) is 0. The van der Waals surface area contributed by atoms with Gasteiger partial charge in [-0.3, -0.25) is 0 Å². The molecule has 3 rings (SSSR count). The van der Waals surface area contributed by atoms with E-state index in [0.717, 1.165) is 37.0 Å². The van der Waals surface area contributed by atoms with Gasteiger partial charge in [-0.05, 0) is 86.7 Å². The summed E-state index contributed by atoms with van der Waals surface area (Å²) in [5.74, 6) is 1.82. The van der Waals surface area contributed by atoms with E-state index >= 15 is 0 Å². The van der Waals surface area contributed by atoms with Crippen molar-refractivity contribution in [2.75, 3.05) is 6.61 Å². The summed E-state index contributed by atoms with van der Waals surface area (Å²) in [6.07, 6.45) is 19.8. The quantitative estimate of drug-likeness (QED) is 0.289. The summed E-state index contributed by atoms with van der Waals surface area (Å²) in [7, 11) is 0. The molecule has 2 saturated carbocycles. The number of aryl methyl sites for hydroxylation is 1. The van der Waals surface area contributed by atoms with Gasteiger partial charge >= 0.3 is 0 Å². The molecule has 0 aromatic heterocycles. The summed E-state index contributed by atoms with van der Waals surface area (Å²) in [5.41, 5.74) is 0.476. The Kier molecular flexibility index (Phi) is 10.8. The van der Waals surface area contributed by atoms with Crippen molar-refractivity contribution in [3.63, 3.8) is 0 Å². The summed E-state index contributed by atoms with van der Waals surface area (Å²) in [6, 6.07) is 3.34. The van der Waals surface area contributed by atoms with Crippen LogP contribution in [0.1, 0.15) is 116 Å². The van der Waals surface area contributed by atoms with Gasteiger partial charge in [0, 0.05) is 0 Å². The smallest absolute Gasteiger partial charge is 0.200 e. The van der Waals surface area contributed by atoms with Crippen molar-refractivity contribution in [1.29, 1.82) is 0 Å². The first kappa shape index (κ1) is 25.5. The van der Waals surface area contributed by atoms with E-state index in [0.29, 0.717) is 24.5 Å². The van der Waals surface area contributed by atoms with E-state index in [1.165, 1.54) is 77.0 Å². The molecule has 2 aliphatic rings. The Balaban J connectivity index is 1.37. The number of halogens is 2. The van der Waals surface area contributed by atoms with E-state index in [-0.39, 0.29) is 5.75 Å². The van der Waals surface area contributed by atoms with Gasteiger partial charge in [0.25, 0.3) is 0 Å². The van der Waals surface area contributed by atoms with Crippen LogP contribution in [0.4, 0.5) is 8.78 Å². The first-order chi connectivity index (χ1) is 15.6. The predicted octanol–water partition coefficient (Wildman–Crippen LogP) is 9.27. The lowest BCUT2D eigenvalue weighted by atomic mass is 9.69. The van der Waals surface area contributed by atoms with Crippen LogP contribution in [0.5, 0.6) is 5.75 Å². The molecule has 1 aromatic carbocycles. The zero-order valence-electron chi connectivity index (χ0n) is 20.6. The lowest BCUT2D eigenvalue weighted by molar-refractivity contribution is 0.120. The van der Waals surface area contributed by atoms with Crippen molar-refractivity contribution in [3.05, 3.63) is 29.3 Å². The molecule has 0 spiro atoms.